The summed E-state index contributed by atoms with van der Waals surface area (Å²) in [6.45, 7) is 1.91. The van der Waals surface area contributed by atoms with Crippen LogP contribution in [0.15, 0.2) is 23.3 Å². The molecule has 19 heavy (non-hydrogen) atoms. The van der Waals surface area contributed by atoms with E-state index in [0.29, 0.717) is 10.4 Å². The summed E-state index contributed by atoms with van der Waals surface area (Å²) in [6, 6.07) is 3.88. The van der Waals surface area contributed by atoms with Crippen LogP contribution in [0.1, 0.15) is 30.9 Å². The van der Waals surface area contributed by atoms with E-state index < -0.39 is 0 Å². The predicted octanol–water partition coefficient (Wildman–Crippen LogP) is 2.41. The number of aromatic nitrogens is 2. The van der Waals surface area contributed by atoms with Crippen LogP contribution in [0.5, 0.6) is 0 Å². The van der Waals surface area contributed by atoms with Crippen LogP contribution in [0.4, 0.5) is 0 Å². The maximum atomic E-state index is 12.6. The summed E-state index contributed by atoms with van der Waals surface area (Å²) in [5.74, 6) is 0. The van der Waals surface area contributed by atoms with Gasteiger partial charge in [0.2, 0.25) is 0 Å². The monoisotopic (exact) mass is 277 g/mol. The van der Waals surface area contributed by atoms with Crippen molar-refractivity contribution in [1.29, 1.82) is 0 Å². The Labute approximate surface area is 116 Å². The second-order valence-corrected chi connectivity index (χ2v) is 5.74. The summed E-state index contributed by atoms with van der Waals surface area (Å²) in [7, 11) is 0. The molecule has 0 amide bonds. The van der Waals surface area contributed by atoms with Gasteiger partial charge in [0.1, 0.15) is 0 Å². The zero-order valence-corrected chi connectivity index (χ0v) is 11.5. The molecule has 0 bridgehead atoms. The van der Waals surface area contributed by atoms with Gasteiger partial charge in [0.25, 0.3) is 5.56 Å². The van der Waals surface area contributed by atoms with E-state index in [-0.39, 0.29) is 17.6 Å². The van der Waals surface area contributed by atoms with Crippen molar-refractivity contribution < 1.29 is 0 Å². The summed E-state index contributed by atoms with van der Waals surface area (Å²) in [6.07, 6.45) is 4.39. The standard InChI is InChI=1S/C14H16ClN3O/c1-8-4-9(15)5-12-13(8)17-7-18(14(12)19)11-3-2-10(16)6-11/h4-5,7,10-11H,2-3,6,16H2,1H3/t10-,11-/m1/s1. The highest BCUT2D eigenvalue weighted by molar-refractivity contribution is 6.31. The highest BCUT2D eigenvalue weighted by Gasteiger charge is 2.24. The maximum Gasteiger partial charge on any atom is 0.261 e. The summed E-state index contributed by atoms with van der Waals surface area (Å²) in [5, 5.41) is 1.16. The third-order valence-corrected chi connectivity index (χ3v) is 4.10. The minimum absolute atomic E-state index is 0.0188. The van der Waals surface area contributed by atoms with Crippen LogP contribution in [0, 0.1) is 6.92 Å². The fourth-order valence-electron chi connectivity index (χ4n) is 2.89. The second-order valence-electron chi connectivity index (χ2n) is 5.30. The van der Waals surface area contributed by atoms with Crippen molar-refractivity contribution in [2.45, 2.75) is 38.3 Å². The molecule has 0 aliphatic heterocycles. The van der Waals surface area contributed by atoms with Crippen molar-refractivity contribution in [1.82, 2.24) is 9.55 Å². The zero-order chi connectivity index (χ0) is 13.6. The smallest absolute Gasteiger partial charge is 0.261 e. The Morgan fingerprint density at radius 2 is 2.21 bits per heavy atom. The molecule has 0 radical (unpaired) electrons. The molecule has 1 fully saturated rings. The van der Waals surface area contributed by atoms with E-state index in [1.165, 1.54) is 0 Å². The Morgan fingerprint density at radius 1 is 1.42 bits per heavy atom. The van der Waals surface area contributed by atoms with Gasteiger partial charge < -0.3 is 5.73 Å². The number of benzene rings is 1. The molecule has 2 atom stereocenters. The molecule has 0 spiro atoms. The third kappa shape index (κ3) is 2.15. The van der Waals surface area contributed by atoms with Crippen molar-refractivity contribution in [3.8, 4) is 0 Å². The average Bonchev–Trinajstić information content (AvgIpc) is 2.77. The predicted molar refractivity (Wildman–Crippen MR) is 76.6 cm³/mol. The second kappa shape index (κ2) is 4.62. The first-order valence-corrected chi connectivity index (χ1v) is 6.86. The Hall–Kier alpha value is -1.39. The topological polar surface area (TPSA) is 60.9 Å². The lowest BCUT2D eigenvalue weighted by Crippen LogP contribution is -2.25. The lowest BCUT2D eigenvalue weighted by molar-refractivity contribution is 0.491. The van der Waals surface area contributed by atoms with Crippen LogP contribution in [0.3, 0.4) is 0 Å². The number of nitrogens with two attached hydrogens (primary N) is 1. The molecule has 2 aromatic rings. The van der Waals surface area contributed by atoms with Gasteiger partial charge in [-0.3, -0.25) is 9.36 Å². The molecule has 4 nitrogen and oxygen atoms in total. The van der Waals surface area contributed by atoms with Crippen LogP contribution in [0.2, 0.25) is 5.02 Å². The van der Waals surface area contributed by atoms with E-state index >= 15 is 0 Å². The van der Waals surface area contributed by atoms with Crippen molar-refractivity contribution in [2.75, 3.05) is 0 Å². The number of nitrogens with zero attached hydrogens (tertiary/aromatic N) is 2. The van der Waals surface area contributed by atoms with E-state index in [1.54, 1.807) is 17.0 Å². The average molecular weight is 278 g/mol. The lowest BCUT2D eigenvalue weighted by atomic mass is 10.1. The van der Waals surface area contributed by atoms with Gasteiger partial charge in [0.05, 0.1) is 17.2 Å². The summed E-state index contributed by atoms with van der Waals surface area (Å²) in [5.41, 5.74) is 7.55. The molecular formula is C14H16ClN3O. The van der Waals surface area contributed by atoms with Crippen LogP contribution in [0.25, 0.3) is 10.9 Å². The molecule has 1 aliphatic carbocycles. The molecule has 1 saturated carbocycles. The SMILES string of the molecule is Cc1cc(Cl)cc2c(=O)n([C@@H]3CC[C@@H](N)C3)cnc12. The van der Waals surface area contributed by atoms with Gasteiger partial charge in [-0.2, -0.15) is 0 Å². The van der Waals surface area contributed by atoms with Gasteiger partial charge in [-0.25, -0.2) is 4.98 Å². The fourth-order valence-corrected chi connectivity index (χ4v) is 3.16. The van der Waals surface area contributed by atoms with Gasteiger partial charge in [-0.1, -0.05) is 11.6 Å². The van der Waals surface area contributed by atoms with Crippen molar-refractivity contribution >= 4 is 22.5 Å². The minimum Gasteiger partial charge on any atom is -0.328 e. The van der Waals surface area contributed by atoms with Crippen molar-refractivity contribution in [3.05, 3.63) is 39.4 Å². The fraction of sp³-hybridized carbons (Fsp3) is 0.429. The Morgan fingerprint density at radius 3 is 2.89 bits per heavy atom. The number of fused-ring (bicyclic) bond motifs is 1. The largest absolute Gasteiger partial charge is 0.328 e. The number of rotatable bonds is 1. The number of hydrogen-bond donors (Lipinski definition) is 1. The Bertz CT molecular complexity index is 695. The molecular weight excluding hydrogens is 262 g/mol. The summed E-state index contributed by atoms with van der Waals surface area (Å²) >= 11 is 6.04. The van der Waals surface area contributed by atoms with E-state index in [4.69, 9.17) is 17.3 Å². The normalized spacial score (nSPS) is 23.1. The Balaban J connectivity index is 2.18. The number of aryl methyl sites for hydroxylation is 1. The van der Waals surface area contributed by atoms with Gasteiger partial charge in [-0.05, 0) is 43.9 Å². The third-order valence-electron chi connectivity index (χ3n) is 3.88. The molecule has 1 aliphatic rings. The quantitative estimate of drug-likeness (QED) is 0.871. The number of halogens is 1. The minimum atomic E-state index is -0.0188. The van der Waals surface area contributed by atoms with Crippen LogP contribution in [-0.2, 0) is 0 Å². The Kier molecular flexibility index (Phi) is 3.07. The number of hydrogen-bond acceptors (Lipinski definition) is 3. The molecule has 0 unspecified atom stereocenters. The van der Waals surface area contributed by atoms with Gasteiger partial charge >= 0.3 is 0 Å². The summed E-state index contributed by atoms with van der Waals surface area (Å²) < 4.78 is 1.71. The highest BCUT2D eigenvalue weighted by atomic mass is 35.5. The lowest BCUT2D eigenvalue weighted by Gasteiger charge is -2.14. The zero-order valence-electron chi connectivity index (χ0n) is 10.8. The van der Waals surface area contributed by atoms with E-state index in [2.05, 4.69) is 4.98 Å². The first kappa shape index (κ1) is 12.6. The van der Waals surface area contributed by atoms with E-state index in [1.807, 2.05) is 13.0 Å². The van der Waals surface area contributed by atoms with E-state index in [9.17, 15) is 4.79 Å². The molecule has 3 rings (SSSR count). The summed E-state index contributed by atoms with van der Waals surface area (Å²) in [4.78, 5) is 17.0. The van der Waals surface area contributed by atoms with Crippen LogP contribution < -0.4 is 11.3 Å². The van der Waals surface area contributed by atoms with Gasteiger partial charge in [-0.15, -0.1) is 0 Å². The molecule has 1 heterocycles. The first-order valence-electron chi connectivity index (χ1n) is 6.49. The highest BCUT2D eigenvalue weighted by Crippen LogP contribution is 2.28. The van der Waals surface area contributed by atoms with Crippen molar-refractivity contribution in [3.63, 3.8) is 0 Å². The van der Waals surface area contributed by atoms with Crippen LogP contribution in [-0.4, -0.2) is 15.6 Å². The maximum absolute atomic E-state index is 12.6. The molecule has 1 aromatic carbocycles. The molecule has 2 N–H and O–H groups in total. The first-order chi connectivity index (χ1) is 9.06. The van der Waals surface area contributed by atoms with Crippen molar-refractivity contribution in [2.24, 2.45) is 5.73 Å². The van der Waals surface area contributed by atoms with Gasteiger partial charge in [0.15, 0.2) is 0 Å². The molecule has 0 saturated heterocycles. The molecule has 5 heteroatoms. The molecule has 1 aromatic heterocycles. The van der Waals surface area contributed by atoms with Crippen LogP contribution >= 0.6 is 11.6 Å². The molecule has 100 valence electrons. The van der Waals surface area contributed by atoms with Gasteiger partial charge in [0, 0.05) is 17.1 Å². The van der Waals surface area contributed by atoms with E-state index in [0.717, 1.165) is 30.3 Å².